The standard InChI is InChI=1S/C16H26N4S/c1-15(2)8-11(9-16(3,4)20-15)17-12-7-13(21)19-14(18-12)10-5-6-10/h7,10-11,20H,5-6,8-9H2,1-4H3,(H2,17,18,19,21). The van der Waals surface area contributed by atoms with E-state index in [0.29, 0.717) is 16.6 Å². The summed E-state index contributed by atoms with van der Waals surface area (Å²) in [5.41, 5.74) is 0.283. The molecule has 21 heavy (non-hydrogen) atoms. The molecule has 0 spiro atoms. The van der Waals surface area contributed by atoms with E-state index in [1.54, 1.807) is 0 Å². The second-order valence-electron chi connectivity index (χ2n) is 7.93. The summed E-state index contributed by atoms with van der Waals surface area (Å²) in [6.45, 7) is 9.08. The maximum Gasteiger partial charge on any atom is 0.131 e. The maximum absolute atomic E-state index is 5.31. The molecule has 1 aromatic heterocycles. The highest BCUT2D eigenvalue weighted by molar-refractivity contribution is 7.71. The van der Waals surface area contributed by atoms with Crippen LogP contribution in [-0.4, -0.2) is 27.1 Å². The number of nitrogens with one attached hydrogen (secondary N) is 3. The van der Waals surface area contributed by atoms with Crippen molar-refractivity contribution in [3.63, 3.8) is 0 Å². The first-order valence-corrected chi connectivity index (χ1v) is 8.30. The van der Waals surface area contributed by atoms with E-state index in [4.69, 9.17) is 12.2 Å². The van der Waals surface area contributed by atoms with Crippen molar-refractivity contribution in [1.82, 2.24) is 15.3 Å². The minimum atomic E-state index is 0.141. The Morgan fingerprint density at radius 3 is 2.38 bits per heavy atom. The van der Waals surface area contributed by atoms with E-state index < -0.39 is 0 Å². The van der Waals surface area contributed by atoms with Crippen molar-refractivity contribution in [2.45, 2.75) is 76.4 Å². The van der Waals surface area contributed by atoms with Gasteiger partial charge in [-0.2, -0.15) is 0 Å². The first-order chi connectivity index (χ1) is 9.72. The SMILES string of the molecule is CC1(C)CC(Nc2cc(=S)nc(C3CC3)[nH]2)CC(C)(C)N1. The molecule has 0 aromatic carbocycles. The number of aromatic amines is 1. The highest BCUT2D eigenvalue weighted by Crippen LogP contribution is 2.38. The van der Waals surface area contributed by atoms with Gasteiger partial charge < -0.3 is 15.6 Å². The summed E-state index contributed by atoms with van der Waals surface area (Å²) in [6, 6.07) is 2.39. The lowest BCUT2D eigenvalue weighted by Gasteiger charge is -2.46. The molecule has 0 radical (unpaired) electrons. The van der Waals surface area contributed by atoms with Crippen molar-refractivity contribution in [3.8, 4) is 0 Å². The van der Waals surface area contributed by atoms with Crippen LogP contribution in [0.3, 0.4) is 0 Å². The molecule has 1 aliphatic carbocycles. The summed E-state index contributed by atoms with van der Waals surface area (Å²) in [6.07, 6.45) is 4.65. The van der Waals surface area contributed by atoms with E-state index in [9.17, 15) is 0 Å². The van der Waals surface area contributed by atoms with E-state index in [2.05, 4.69) is 48.3 Å². The molecule has 2 aliphatic rings. The Morgan fingerprint density at radius 2 is 1.81 bits per heavy atom. The van der Waals surface area contributed by atoms with E-state index in [1.807, 2.05) is 6.07 Å². The smallest absolute Gasteiger partial charge is 0.131 e. The van der Waals surface area contributed by atoms with Crippen LogP contribution in [0.5, 0.6) is 0 Å². The average Bonchev–Trinajstić information content (AvgIpc) is 3.06. The monoisotopic (exact) mass is 306 g/mol. The molecule has 2 fully saturated rings. The van der Waals surface area contributed by atoms with Gasteiger partial charge in [-0.1, -0.05) is 12.2 Å². The van der Waals surface area contributed by atoms with Crippen LogP contribution in [0.2, 0.25) is 0 Å². The molecule has 0 bridgehead atoms. The van der Waals surface area contributed by atoms with Crippen LogP contribution in [0.15, 0.2) is 6.07 Å². The third-order valence-electron chi connectivity index (χ3n) is 4.28. The summed E-state index contributed by atoms with van der Waals surface area (Å²) in [5, 5.41) is 7.37. The molecule has 1 aliphatic heterocycles. The fraction of sp³-hybridized carbons (Fsp3) is 0.750. The van der Waals surface area contributed by atoms with Gasteiger partial charge in [0.15, 0.2) is 0 Å². The van der Waals surface area contributed by atoms with Crippen molar-refractivity contribution in [1.29, 1.82) is 0 Å². The molecule has 0 unspecified atom stereocenters. The Hall–Kier alpha value is -0.940. The zero-order valence-corrected chi connectivity index (χ0v) is 14.2. The molecular formula is C16H26N4S. The zero-order chi connectivity index (χ0) is 15.3. The predicted molar refractivity (Wildman–Crippen MR) is 89.3 cm³/mol. The summed E-state index contributed by atoms with van der Waals surface area (Å²) in [7, 11) is 0. The molecule has 5 heteroatoms. The topological polar surface area (TPSA) is 52.7 Å². The van der Waals surface area contributed by atoms with Crippen molar-refractivity contribution in [2.24, 2.45) is 0 Å². The van der Waals surface area contributed by atoms with Crippen LogP contribution in [0.25, 0.3) is 0 Å². The fourth-order valence-electron chi connectivity index (χ4n) is 3.75. The van der Waals surface area contributed by atoms with Crippen LogP contribution >= 0.6 is 12.2 Å². The molecule has 1 aromatic rings. The second-order valence-corrected chi connectivity index (χ2v) is 8.35. The quantitative estimate of drug-likeness (QED) is 0.745. The van der Waals surface area contributed by atoms with Crippen LogP contribution in [0.4, 0.5) is 5.82 Å². The molecule has 1 saturated heterocycles. The van der Waals surface area contributed by atoms with Crippen LogP contribution in [0.1, 0.15) is 65.1 Å². The Morgan fingerprint density at radius 1 is 1.19 bits per heavy atom. The Bertz CT molecular complexity index is 570. The van der Waals surface area contributed by atoms with E-state index in [1.165, 1.54) is 12.8 Å². The van der Waals surface area contributed by atoms with Crippen molar-refractivity contribution in [3.05, 3.63) is 16.5 Å². The molecule has 3 rings (SSSR count). The minimum Gasteiger partial charge on any atom is -0.369 e. The lowest BCUT2D eigenvalue weighted by atomic mass is 9.79. The molecule has 1 saturated carbocycles. The molecule has 3 N–H and O–H groups in total. The molecule has 0 amide bonds. The minimum absolute atomic E-state index is 0.141. The first kappa shape index (κ1) is 15.0. The van der Waals surface area contributed by atoms with E-state index in [0.717, 1.165) is 24.5 Å². The van der Waals surface area contributed by atoms with E-state index >= 15 is 0 Å². The van der Waals surface area contributed by atoms with Gasteiger partial charge in [0.25, 0.3) is 0 Å². The number of rotatable bonds is 3. The van der Waals surface area contributed by atoms with Gasteiger partial charge in [0.2, 0.25) is 0 Å². The van der Waals surface area contributed by atoms with Crippen LogP contribution in [-0.2, 0) is 0 Å². The van der Waals surface area contributed by atoms with E-state index in [-0.39, 0.29) is 11.1 Å². The number of hydrogen-bond acceptors (Lipinski definition) is 4. The number of hydrogen-bond donors (Lipinski definition) is 3. The number of piperidine rings is 1. The average molecular weight is 306 g/mol. The lowest BCUT2D eigenvalue weighted by molar-refractivity contribution is 0.170. The predicted octanol–water partition coefficient (Wildman–Crippen LogP) is 3.74. The highest BCUT2D eigenvalue weighted by Gasteiger charge is 2.37. The second kappa shape index (κ2) is 5.06. The number of H-pyrrole nitrogens is 1. The van der Waals surface area contributed by atoms with Gasteiger partial charge in [-0.05, 0) is 53.4 Å². The summed E-state index contributed by atoms with van der Waals surface area (Å²) >= 11 is 5.31. The third kappa shape index (κ3) is 3.83. The summed E-state index contributed by atoms with van der Waals surface area (Å²) < 4.78 is 0.686. The van der Waals surface area contributed by atoms with Crippen molar-refractivity contribution < 1.29 is 0 Å². The fourth-order valence-corrected chi connectivity index (χ4v) is 3.96. The maximum atomic E-state index is 5.31. The molecule has 0 atom stereocenters. The van der Waals surface area contributed by atoms with Gasteiger partial charge >= 0.3 is 0 Å². The van der Waals surface area contributed by atoms with Crippen molar-refractivity contribution >= 4 is 18.0 Å². The Labute approximate surface area is 132 Å². The summed E-state index contributed by atoms with van der Waals surface area (Å²) in [4.78, 5) is 7.89. The van der Waals surface area contributed by atoms with Gasteiger partial charge in [-0.25, -0.2) is 4.98 Å². The van der Waals surface area contributed by atoms with Gasteiger partial charge in [-0.15, -0.1) is 0 Å². The summed E-state index contributed by atoms with van der Waals surface area (Å²) in [5.74, 6) is 2.67. The molecule has 116 valence electrons. The number of nitrogens with zero attached hydrogens (tertiary/aromatic N) is 1. The molecule has 4 nitrogen and oxygen atoms in total. The highest BCUT2D eigenvalue weighted by atomic mass is 32.1. The zero-order valence-electron chi connectivity index (χ0n) is 13.4. The van der Waals surface area contributed by atoms with Gasteiger partial charge in [-0.3, -0.25) is 0 Å². The lowest BCUT2D eigenvalue weighted by Crippen LogP contribution is -2.60. The van der Waals surface area contributed by atoms with Crippen molar-refractivity contribution in [2.75, 3.05) is 5.32 Å². The van der Waals surface area contributed by atoms with Gasteiger partial charge in [0.05, 0.1) is 0 Å². The largest absolute Gasteiger partial charge is 0.369 e. The third-order valence-corrected chi connectivity index (χ3v) is 4.48. The Balaban J connectivity index is 1.78. The Kier molecular flexibility index (Phi) is 3.61. The normalized spacial score (nSPS) is 24.8. The first-order valence-electron chi connectivity index (χ1n) is 7.90. The molecule has 2 heterocycles. The number of anilines is 1. The van der Waals surface area contributed by atoms with Gasteiger partial charge in [0.1, 0.15) is 16.3 Å². The van der Waals surface area contributed by atoms with Crippen LogP contribution < -0.4 is 10.6 Å². The van der Waals surface area contributed by atoms with Crippen LogP contribution in [0, 0.1) is 4.64 Å². The van der Waals surface area contributed by atoms with Gasteiger partial charge in [0, 0.05) is 29.1 Å². The molecular weight excluding hydrogens is 280 g/mol. The number of aromatic nitrogens is 2.